The van der Waals surface area contributed by atoms with Crippen LogP contribution in [0.25, 0.3) is 0 Å². The maximum Gasteiger partial charge on any atom is 0.124 e. The van der Waals surface area contributed by atoms with E-state index in [0.29, 0.717) is 6.04 Å². The van der Waals surface area contributed by atoms with Gasteiger partial charge < -0.3 is 5.32 Å². The monoisotopic (exact) mass is 221 g/mol. The third-order valence-corrected chi connectivity index (χ3v) is 3.60. The van der Waals surface area contributed by atoms with E-state index >= 15 is 0 Å². The van der Waals surface area contributed by atoms with E-state index in [9.17, 15) is 0 Å². The Hall–Kier alpha value is -0.990. The summed E-state index contributed by atoms with van der Waals surface area (Å²) in [5.74, 6) is 2.12. The van der Waals surface area contributed by atoms with Gasteiger partial charge in [0, 0.05) is 19.2 Å². The lowest BCUT2D eigenvalue weighted by Gasteiger charge is -2.28. The minimum Gasteiger partial charge on any atom is -0.368 e. The summed E-state index contributed by atoms with van der Waals surface area (Å²) in [7, 11) is 2.01. The molecule has 1 aromatic rings. The predicted octanol–water partition coefficient (Wildman–Crippen LogP) is 2.97. The molecule has 1 saturated carbocycles. The summed E-state index contributed by atoms with van der Waals surface area (Å²) in [4.78, 5) is 0. The van der Waals surface area contributed by atoms with Crippen LogP contribution in [0.15, 0.2) is 6.07 Å². The number of nitrogens with one attached hydrogen (secondary N) is 1. The van der Waals surface area contributed by atoms with Crippen LogP contribution in [-0.2, 0) is 13.5 Å². The highest BCUT2D eigenvalue weighted by Crippen LogP contribution is 2.31. The van der Waals surface area contributed by atoms with E-state index in [4.69, 9.17) is 0 Å². The number of hydrogen-bond acceptors (Lipinski definition) is 2. The first-order chi connectivity index (χ1) is 7.69. The molecular weight excluding hydrogens is 198 g/mol. The van der Waals surface area contributed by atoms with E-state index in [-0.39, 0.29) is 0 Å². The molecule has 3 nitrogen and oxygen atoms in total. The van der Waals surface area contributed by atoms with Gasteiger partial charge in [-0.3, -0.25) is 4.68 Å². The number of aryl methyl sites for hydroxylation is 2. The van der Waals surface area contributed by atoms with E-state index < -0.39 is 0 Å². The first-order valence-electron chi connectivity index (χ1n) is 6.48. The zero-order chi connectivity index (χ0) is 11.5. The lowest BCUT2D eigenvalue weighted by Crippen LogP contribution is -2.24. The number of aromatic nitrogens is 2. The molecule has 1 aromatic heterocycles. The van der Waals surface area contributed by atoms with Gasteiger partial charge in [0.05, 0.1) is 5.69 Å². The molecule has 0 amide bonds. The van der Waals surface area contributed by atoms with E-state index in [2.05, 4.69) is 30.3 Å². The van der Waals surface area contributed by atoms with Crippen molar-refractivity contribution in [2.75, 3.05) is 5.32 Å². The number of hydrogen-bond donors (Lipinski definition) is 1. The topological polar surface area (TPSA) is 29.9 Å². The molecule has 1 N–H and O–H groups in total. The summed E-state index contributed by atoms with van der Waals surface area (Å²) in [6.45, 7) is 4.42. The van der Waals surface area contributed by atoms with Gasteiger partial charge in [-0.2, -0.15) is 5.10 Å². The van der Waals surface area contributed by atoms with Gasteiger partial charge in [-0.05, 0) is 25.7 Å². The zero-order valence-corrected chi connectivity index (χ0v) is 10.7. The minimum absolute atomic E-state index is 0.561. The van der Waals surface area contributed by atoms with Gasteiger partial charge in [0.25, 0.3) is 0 Å². The quantitative estimate of drug-likeness (QED) is 0.828. The van der Waals surface area contributed by atoms with Crippen LogP contribution in [0.4, 0.5) is 5.82 Å². The van der Waals surface area contributed by atoms with Crippen molar-refractivity contribution in [3.63, 3.8) is 0 Å². The van der Waals surface area contributed by atoms with Crippen molar-refractivity contribution in [3.8, 4) is 0 Å². The summed E-state index contributed by atoms with van der Waals surface area (Å²) in [5.41, 5.74) is 1.17. The van der Waals surface area contributed by atoms with Crippen LogP contribution in [0.2, 0.25) is 0 Å². The molecule has 0 radical (unpaired) electrons. The molecule has 0 aliphatic heterocycles. The van der Waals surface area contributed by atoms with Crippen LogP contribution in [-0.4, -0.2) is 15.8 Å². The molecule has 0 bridgehead atoms. The fraction of sp³-hybridized carbons (Fsp3) is 0.769. The Morgan fingerprint density at radius 1 is 1.56 bits per heavy atom. The van der Waals surface area contributed by atoms with Crippen molar-refractivity contribution in [1.29, 1.82) is 0 Å². The van der Waals surface area contributed by atoms with Crippen molar-refractivity contribution in [2.45, 2.75) is 52.0 Å². The highest BCUT2D eigenvalue weighted by Gasteiger charge is 2.20. The average Bonchev–Trinajstić information content (AvgIpc) is 2.54. The molecule has 1 heterocycles. The first-order valence-corrected chi connectivity index (χ1v) is 6.48. The van der Waals surface area contributed by atoms with Gasteiger partial charge in [-0.15, -0.1) is 0 Å². The maximum atomic E-state index is 4.45. The van der Waals surface area contributed by atoms with Gasteiger partial charge in [0.1, 0.15) is 5.82 Å². The van der Waals surface area contributed by atoms with Gasteiger partial charge in [-0.25, -0.2) is 0 Å². The normalized spacial score (nSPS) is 18.2. The van der Waals surface area contributed by atoms with Gasteiger partial charge in [0.2, 0.25) is 0 Å². The molecule has 1 atom stereocenters. The Kier molecular flexibility index (Phi) is 3.52. The molecule has 1 aliphatic rings. The molecule has 1 unspecified atom stereocenters. The fourth-order valence-electron chi connectivity index (χ4n) is 2.37. The minimum atomic E-state index is 0.561. The lowest BCUT2D eigenvalue weighted by atomic mass is 9.81. The standard InChI is InChI=1S/C13H23N3/c1-4-12-9-13(16(3)15-12)14-10(2)8-11-6-5-7-11/h9-11,14H,4-8H2,1-3H3. The van der Waals surface area contributed by atoms with Crippen molar-refractivity contribution < 1.29 is 0 Å². The van der Waals surface area contributed by atoms with Crippen LogP contribution in [0.5, 0.6) is 0 Å². The van der Waals surface area contributed by atoms with Crippen LogP contribution in [0, 0.1) is 5.92 Å². The van der Waals surface area contributed by atoms with Gasteiger partial charge in [-0.1, -0.05) is 26.2 Å². The van der Waals surface area contributed by atoms with Crippen molar-refractivity contribution in [1.82, 2.24) is 9.78 Å². The van der Waals surface area contributed by atoms with Crippen molar-refractivity contribution in [2.24, 2.45) is 13.0 Å². The second-order valence-corrected chi connectivity index (χ2v) is 5.08. The average molecular weight is 221 g/mol. The van der Waals surface area contributed by atoms with E-state index in [0.717, 1.165) is 18.2 Å². The number of nitrogens with zero attached hydrogens (tertiary/aromatic N) is 2. The SMILES string of the molecule is CCc1cc(NC(C)CC2CCC2)n(C)n1. The largest absolute Gasteiger partial charge is 0.368 e. The first kappa shape index (κ1) is 11.5. The van der Waals surface area contributed by atoms with Crippen LogP contribution in [0.1, 0.15) is 45.2 Å². The van der Waals surface area contributed by atoms with Crippen molar-refractivity contribution in [3.05, 3.63) is 11.8 Å². The molecular formula is C13H23N3. The lowest BCUT2D eigenvalue weighted by molar-refractivity contribution is 0.285. The van der Waals surface area contributed by atoms with Crippen LogP contribution in [0.3, 0.4) is 0 Å². The summed E-state index contributed by atoms with van der Waals surface area (Å²) >= 11 is 0. The molecule has 1 aliphatic carbocycles. The fourth-order valence-corrected chi connectivity index (χ4v) is 2.37. The van der Waals surface area contributed by atoms with Gasteiger partial charge >= 0.3 is 0 Å². The summed E-state index contributed by atoms with van der Waals surface area (Å²) < 4.78 is 1.95. The van der Waals surface area contributed by atoms with Crippen LogP contribution >= 0.6 is 0 Å². The summed E-state index contributed by atoms with van der Waals surface area (Å²) in [6.07, 6.45) is 6.59. The predicted molar refractivity (Wildman–Crippen MR) is 67.6 cm³/mol. The molecule has 1 fully saturated rings. The van der Waals surface area contributed by atoms with E-state index in [1.165, 1.54) is 31.4 Å². The molecule has 0 aromatic carbocycles. The number of anilines is 1. The maximum absolute atomic E-state index is 4.45. The molecule has 2 rings (SSSR count). The Morgan fingerprint density at radius 3 is 2.81 bits per heavy atom. The third kappa shape index (κ3) is 2.57. The Bertz CT molecular complexity index is 339. The second kappa shape index (κ2) is 4.89. The second-order valence-electron chi connectivity index (χ2n) is 5.08. The van der Waals surface area contributed by atoms with Gasteiger partial charge in [0.15, 0.2) is 0 Å². The van der Waals surface area contributed by atoms with E-state index in [1.54, 1.807) is 0 Å². The Labute approximate surface area is 98.2 Å². The number of rotatable bonds is 5. The Balaban J connectivity index is 1.88. The Morgan fingerprint density at radius 2 is 2.31 bits per heavy atom. The molecule has 3 heteroatoms. The molecule has 0 saturated heterocycles. The molecule has 0 spiro atoms. The van der Waals surface area contributed by atoms with Crippen molar-refractivity contribution >= 4 is 5.82 Å². The summed E-state index contributed by atoms with van der Waals surface area (Å²) in [5, 5.41) is 8.01. The molecule has 16 heavy (non-hydrogen) atoms. The molecule has 90 valence electrons. The highest BCUT2D eigenvalue weighted by atomic mass is 15.3. The highest BCUT2D eigenvalue weighted by molar-refractivity contribution is 5.37. The van der Waals surface area contributed by atoms with E-state index in [1.807, 2.05) is 11.7 Å². The third-order valence-electron chi connectivity index (χ3n) is 3.60. The summed E-state index contributed by atoms with van der Waals surface area (Å²) in [6, 6.07) is 2.72. The van der Waals surface area contributed by atoms with Crippen LogP contribution < -0.4 is 5.32 Å². The smallest absolute Gasteiger partial charge is 0.124 e. The zero-order valence-electron chi connectivity index (χ0n) is 10.7.